The van der Waals surface area contributed by atoms with Gasteiger partial charge in [0, 0.05) is 30.8 Å². The fourth-order valence-electron chi connectivity index (χ4n) is 3.02. The van der Waals surface area contributed by atoms with Crippen molar-refractivity contribution in [3.63, 3.8) is 0 Å². The van der Waals surface area contributed by atoms with Gasteiger partial charge in [-0.3, -0.25) is 0 Å². The molecule has 0 amide bonds. The molecule has 4 nitrogen and oxygen atoms in total. The molecule has 0 aliphatic rings. The highest BCUT2D eigenvalue weighted by Crippen LogP contribution is 2.20. The molecule has 0 spiro atoms. The van der Waals surface area contributed by atoms with E-state index >= 15 is 0 Å². The normalized spacial score (nSPS) is 10.7. The third kappa shape index (κ3) is 4.42. The van der Waals surface area contributed by atoms with E-state index < -0.39 is 0 Å². The van der Waals surface area contributed by atoms with Crippen LogP contribution in [0.4, 0.5) is 5.69 Å². The molecule has 27 heavy (non-hydrogen) atoms. The minimum Gasteiger partial charge on any atom is -0.421 e. The molecule has 4 rings (SSSR count). The lowest BCUT2D eigenvalue weighted by Gasteiger charge is -2.24. The zero-order valence-electron chi connectivity index (χ0n) is 15.0. The van der Waals surface area contributed by atoms with Crippen molar-refractivity contribution in [3.05, 3.63) is 102 Å². The molecular weight excluding hydrogens is 334 g/mol. The lowest BCUT2D eigenvalue weighted by molar-refractivity contribution is 0.502. The van der Waals surface area contributed by atoms with Gasteiger partial charge in [-0.1, -0.05) is 66.7 Å². The van der Waals surface area contributed by atoms with E-state index in [9.17, 15) is 0 Å². The summed E-state index contributed by atoms with van der Waals surface area (Å²) < 4.78 is 5.86. The SMILES string of the molecule is c1ccc(CN(CCc2nnc(-c3ccccc3)o2)c2ccccc2)cc1. The van der Waals surface area contributed by atoms with Crippen LogP contribution in [0.1, 0.15) is 11.5 Å². The zero-order chi connectivity index (χ0) is 18.3. The first-order valence-electron chi connectivity index (χ1n) is 9.10. The van der Waals surface area contributed by atoms with Crippen LogP contribution in [-0.2, 0) is 13.0 Å². The van der Waals surface area contributed by atoms with Crippen molar-refractivity contribution < 1.29 is 4.42 Å². The van der Waals surface area contributed by atoms with E-state index in [2.05, 4.69) is 63.6 Å². The molecule has 0 unspecified atom stereocenters. The van der Waals surface area contributed by atoms with Gasteiger partial charge in [-0.15, -0.1) is 10.2 Å². The Bertz CT molecular complexity index is 953. The molecule has 4 aromatic rings. The van der Waals surface area contributed by atoms with Gasteiger partial charge in [0.25, 0.3) is 0 Å². The average molecular weight is 355 g/mol. The predicted molar refractivity (Wildman–Crippen MR) is 107 cm³/mol. The second-order valence-electron chi connectivity index (χ2n) is 6.36. The van der Waals surface area contributed by atoms with Crippen molar-refractivity contribution in [1.82, 2.24) is 10.2 Å². The van der Waals surface area contributed by atoms with Gasteiger partial charge in [0.15, 0.2) is 0 Å². The summed E-state index contributed by atoms with van der Waals surface area (Å²) in [4.78, 5) is 2.34. The quantitative estimate of drug-likeness (QED) is 0.468. The van der Waals surface area contributed by atoms with Gasteiger partial charge in [-0.05, 0) is 29.8 Å². The Morgan fingerprint density at radius 3 is 2.04 bits per heavy atom. The first-order chi connectivity index (χ1) is 13.4. The first-order valence-corrected chi connectivity index (χ1v) is 9.10. The van der Waals surface area contributed by atoms with E-state index in [1.807, 2.05) is 42.5 Å². The highest BCUT2D eigenvalue weighted by molar-refractivity contribution is 5.51. The summed E-state index contributed by atoms with van der Waals surface area (Å²) in [6.45, 7) is 1.64. The van der Waals surface area contributed by atoms with Crippen LogP contribution in [0, 0.1) is 0 Å². The Morgan fingerprint density at radius 2 is 1.33 bits per heavy atom. The van der Waals surface area contributed by atoms with Gasteiger partial charge < -0.3 is 9.32 Å². The van der Waals surface area contributed by atoms with Gasteiger partial charge in [0.1, 0.15) is 0 Å². The van der Waals surface area contributed by atoms with Crippen molar-refractivity contribution in [1.29, 1.82) is 0 Å². The number of benzene rings is 3. The fourth-order valence-corrected chi connectivity index (χ4v) is 3.02. The van der Waals surface area contributed by atoms with E-state index in [-0.39, 0.29) is 0 Å². The van der Waals surface area contributed by atoms with E-state index in [1.165, 1.54) is 11.3 Å². The zero-order valence-corrected chi connectivity index (χ0v) is 15.0. The maximum atomic E-state index is 5.86. The Labute approximate surface area is 159 Å². The molecule has 0 bridgehead atoms. The minimum atomic E-state index is 0.569. The summed E-state index contributed by atoms with van der Waals surface area (Å²) in [7, 11) is 0. The van der Waals surface area contributed by atoms with Crippen LogP contribution in [0.2, 0.25) is 0 Å². The highest BCUT2D eigenvalue weighted by Gasteiger charge is 2.12. The van der Waals surface area contributed by atoms with Crippen LogP contribution in [-0.4, -0.2) is 16.7 Å². The molecule has 0 atom stereocenters. The van der Waals surface area contributed by atoms with Gasteiger partial charge >= 0.3 is 0 Å². The number of hydrogen-bond donors (Lipinski definition) is 0. The summed E-state index contributed by atoms with van der Waals surface area (Å²) in [6.07, 6.45) is 0.696. The van der Waals surface area contributed by atoms with Crippen molar-refractivity contribution in [3.8, 4) is 11.5 Å². The van der Waals surface area contributed by atoms with Crippen molar-refractivity contribution in [2.75, 3.05) is 11.4 Å². The molecule has 0 aliphatic carbocycles. The number of anilines is 1. The van der Waals surface area contributed by atoms with Crippen LogP contribution < -0.4 is 4.90 Å². The molecule has 0 aliphatic heterocycles. The second-order valence-corrected chi connectivity index (χ2v) is 6.36. The molecule has 0 radical (unpaired) electrons. The molecule has 0 fully saturated rings. The van der Waals surface area contributed by atoms with Crippen LogP contribution in [0.15, 0.2) is 95.4 Å². The van der Waals surface area contributed by atoms with Crippen molar-refractivity contribution >= 4 is 5.69 Å². The summed E-state index contributed by atoms with van der Waals surface area (Å²) >= 11 is 0. The topological polar surface area (TPSA) is 42.2 Å². The Balaban J connectivity index is 1.48. The van der Waals surface area contributed by atoms with E-state index in [0.29, 0.717) is 18.2 Å². The molecule has 0 saturated carbocycles. The molecule has 1 aromatic heterocycles. The standard InChI is InChI=1S/C23H21N3O/c1-4-10-19(11-5-1)18-26(21-14-8-3-9-15-21)17-16-22-24-25-23(27-22)20-12-6-2-7-13-20/h1-15H,16-18H2. The number of aromatic nitrogens is 2. The Hall–Kier alpha value is -3.40. The lowest BCUT2D eigenvalue weighted by Crippen LogP contribution is -2.25. The monoisotopic (exact) mass is 355 g/mol. The number of rotatable bonds is 7. The number of nitrogens with zero attached hydrogens (tertiary/aromatic N) is 3. The van der Waals surface area contributed by atoms with Crippen LogP contribution in [0.25, 0.3) is 11.5 Å². The summed E-state index contributed by atoms with van der Waals surface area (Å²) in [5, 5.41) is 8.41. The van der Waals surface area contributed by atoms with E-state index in [0.717, 1.165) is 18.7 Å². The van der Waals surface area contributed by atoms with Gasteiger partial charge in [-0.25, -0.2) is 0 Å². The molecule has 1 heterocycles. The smallest absolute Gasteiger partial charge is 0.247 e. The fraction of sp³-hybridized carbons (Fsp3) is 0.130. The van der Waals surface area contributed by atoms with Gasteiger partial charge in [0.05, 0.1) is 0 Å². The highest BCUT2D eigenvalue weighted by atomic mass is 16.4. The largest absolute Gasteiger partial charge is 0.421 e. The lowest BCUT2D eigenvalue weighted by atomic mass is 10.2. The third-order valence-electron chi connectivity index (χ3n) is 4.42. The summed E-state index contributed by atoms with van der Waals surface area (Å²) in [5.41, 5.74) is 3.40. The Kier molecular flexibility index (Phi) is 5.25. The van der Waals surface area contributed by atoms with Crippen LogP contribution in [0.5, 0.6) is 0 Å². The summed E-state index contributed by atoms with van der Waals surface area (Å²) in [6, 6.07) is 30.8. The minimum absolute atomic E-state index is 0.569. The maximum absolute atomic E-state index is 5.86. The van der Waals surface area contributed by atoms with E-state index in [4.69, 9.17) is 4.42 Å². The van der Waals surface area contributed by atoms with Crippen molar-refractivity contribution in [2.24, 2.45) is 0 Å². The Morgan fingerprint density at radius 1 is 0.704 bits per heavy atom. The van der Waals surface area contributed by atoms with E-state index in [1.54, 1.807) is 0 Å². The molecule has 0 saturated heterocycles. The number of para-hydroxylation sites is 1. The average Bonchev–Trinajstić information content (AvgIpc) is 3.22. The van der Waals surface area contributed by atoms with Crippen LogP contribution >= 0.6 is 0 Å². The summed E-state index contributed by atoms with van der Waals surface area (Å²) in [5.74, 6) is 1.22. The molecule has 3 aromatic carbocycles. The third-order valence-corrected chi connectivity index (χ3v) is 4.42. The maximum Gasteiger partial charge on any atom is 0.247 e. The van der Waals surface area contributed by atoms with Crippen molar-refractivity contribution in [2.45, 2.75) is 13.0 Å². The molecule has 134 valence electrons. The molecule has 4 heteroatoms. The predicted octanol–water partition coefficient (Wildman–Crippen LogP) is 4.99. The van der Waals surface area contributed by atoms with Gasteiger partial charge in [0.2, 0.25) is 11.8 Å². The molecular formula is C23H21N3O. The molecule has 0 N–H and O–H groups in total. The second kappa shape index (κ2) is 8.32. The van der Waals surface area contributed by atoms with Gasteiger partial charge in [-0.2, -0.15) is 0 Å². The first kappa shape index (κ1) is 17.0. The number of hydrogen-bond acceptors (Lipinski definition) is 4. The van der Waals surface area contributed by atoms with Crippen LogP contribution in [0.3, 0.4) is 0 Å².